The normalized spacial score (nSPS) is 12.6. The summed E-state index contributed by atoms with van der Waals surface area (Å²) < 4.78 is 16.6. The molecule has 3 nitrogen and oxygen atoms in total. The van der Waals surface area contributed by atoms with Crippen LogP contribution < -0.4 is 5.73 Å². The van der Waals surface area contributed by atoms with Crippen molar-refractivity contribution in [2.24, 2.45) is 5.73 Å². The second-order valence-electron chi connectivity index (χ2n) is 3.66. The minimum absolute atomic E-state index is 0.532. The number of ether oxygens (including phenoxy) is 1. The van der Waals surface area contributed by atoms with Crippen LogP contribution in [-0.2, 0) is 27.8 Å². The molecule has 0 amide bonds. The lowest BCUT2D eigenvalue weighted by Crippen LogP contribution is -2.04. The second kappa shape index (κ2) is 7.54. The Hall–Kier alpha value is -0.710. The molecule has 90 valence electrons. The number of nitrogens with two attached hydrogens (primary N) is 1. The Morgan fingerprint density at radius 1 is 1.38 bits per heavy atom. The summed E-state index contributed by atoms with van der Waals surface area (Å²) in [6, 6.07) is 7.96. The van der Waals surface area contributed by atoms with Crippen molar-refractivity contribution in [2.75, 3.05) is 19.5 Å². The van der Waals surface area contributed by atoms with Gasteiger partial charge in [0.2, 0.25) is 0 Å². The molecule has 1 aromatic carbocycles. The fourth-order valence-electron chi connectivity index (χ4n) is 1.47. The van der Waals surface area contributed by atoms with Crippen molar-refractivity contribution in [1.82, 2.24) is 0 Å². The molecule has 1 unspecified atom stereocenters. The first-order chi connectivity index (χ1) is 7.76. The molecular weight excluding hydrogens is 222 g/mol. The molecule has 4 heteroatoms. The SMILES string of the molecule is COCCCS(=O)Cc1cccc(CN)c1. The van der Waals surface area contributed by atoms with Gasteiger partial charge in [-0.25, -0.2) is 0 Å². The van der Waals surface area contributed by atoms with Gasteiger partial charge in [-0.3, -0.25) is 4.21 Å². The van der Waals surface area contributed by atoms with E-state index in [9.17, 15) is 4.21 Å². The first-order valence-corrected chi connectivity index (χ1v) is 6.87. The average Bonchev–Trinajstić information content (AvgIpc) is 2.29. The molecule has 1 atom stereocenters. The van der Waals surface area contributed by atoms with Crippen LogP contribution in [0.25, 0.3) is 0 Å². The van der Waals surface area contributed by atoms with Crippen molar-refractivity contribution in [1.29, 1.82) is 0 Å². The van der Waals surface area contributed by atoms with Gasteiger partial charge in [0.15, 0.2) is 0 Å². The third-order valence-electron chi connectivity index (χ3n) is 2.28. The summed E-state index contributed by atoms with van der Waals surface area (Å²) in [6.07, 6.45) is 0.847. The lowest BCUT2D eigenvalue weighted by atomic mass is 10.1. The predicted molar refractivity (Wildman–Crippen MR) is 67.5 cm³/mol. The quantitative estimate of drug-likeness (QED) is 0.735. The Morgan fingerprint density at radius 3 is 2.81 bits per heavy atom. The van der Waals surface area contributed by atoms with E-state index in [-0.39, 0.29) is 0 Å². The molecule has 2 N–H and O–H groups in total. The first-order valence-electron chi connectivity index (χ1n) is 5.38. The third-order valence-corrected chi connectivity index (χ3v) is 3.67. The fourth-order valence-corrected chi connectivity index (χ4v) is 2.60. The Morgan fingerprint density at radius 2 is 2.12 bits per heavy atom. The highest BCUT2D eigenvalue weighted by Gasteiger charge is 2.02. The van der Waals surface area contributed by atoms with Gasteiger partial charge in [-0.1, -0.05) is 24.3 Å². The van der Waals surface area contributed by atoms with Gasteiger partial charge in [-0.2, -0.15) is 0 Å². The largest absolute Gasteiger partial charge is 0.385 e. The van der Waals surface area contributed by atoms with E-state index in [1.54, 1.807) is 7.11 Å². The molecule has 0 aromatic heterocycles. The van der Waals surface area contributed by atoms with Crippen LogP contribution in [0, 0.1) is 0 Å². The van der Waals surface area contributed by atoms with E-state index >= 15 is 0 Å². The van der Waals surface area contributed by atoms with E-state index in [0.717, 1.165) is 17.5 Å². The number of methoxy groups -OCH3 is 1. The molecule has 1 rings (SSSR count). The minimum Gasteiger partial charge on any atom is -0.385 e. The number of hydrogen-bond acceptors (Lipinski definition) is 3. The summed E-state index contributed by atoms with van der Waals surface area (Å²) in [6.45, 7) is 1.21. The topological polar surface area (TPSA) is 52.3 Å². The Labute approximate surface area is 99.4 Å². The summed E-state index contributed by atoms with van der Waals surface area (Å²) in [7, 11) is 0.857. The van der Waals surface area contributed by atoms with Gasteiger partial charge in [0, 0.05) is 42.6 Å². The van der Waals surface area contributed by atoms with Crippen LogP contribution >= 0.6 is 0 Å². The van der Waals surface area contributed by atoms with Crippen molar-refractivity contribution in [2.45, 2.75) is 18.7 Å². The third kappa shape index (κ3) is 4.88. The van der Waals surface area contributed by atoms with E-state index in [0.29, 0.717) is 24.7 Å². The van der Waals surface area contributed by atoms with Crippen molar-refractivity contribution < 1.29 is 8.95 Å². The van der Waals surface area contributed by atoms with Gasteiger partial charge in [0.1, 0.15) is 0 Å². The fraction of sp³-hybridized carbons (Fsp3) is 0.500. The monoisotopic (exact) mass is 241 g/mol. The molecule has 0 spiro atoms. The minimum atomic E-state index is -0.804. The van der Waals surface area contributed by atoms with Gasteiger partial charge < -0.3 is 10.5 Å². The van der Waals surface area contributed by atoms with E-state index in [2.05, 4.69) is 0 Å². The van der Waals surface area contributed by atoms with Crippen LogP contribution in [0.15, 0.2) is 24.3 Å². The first kappa shape index (κ1) is 13.4. The van der Waals surface area contributed by atoms with Crippen LogP contribution in [0.2, 0.25) is 0 Å². The Kier molecular flexibility index (Phi) is 6.30. The summed E-state index contributed by atoms with van der Waals surface area (Å²) in [5.74, 6) is 1.30. The maximum Gasteiger partial charge on any atom is 0.0485 e. The lowest BCUT2D eigenvalue weighted by molar-refractivity contribution is 0.200. The van der Waals surface area contributed by atoms with Crippen molar-refractivity contribution in [3.63, 3.8) is 0 Å². The summed E-state index contributed by atoms with van der Waals surface area (Å²) in [5, 5.41) is 0. The predicted octanol–water partition coefficient (Wildman–Crippen LogP) is 1.43. The van der Waals surface area contributed by atoms with Crippen LogP contribution in [0.1, 0.15) is 17.5 Å². The molecule has 16 heavy (non-hydrogen) atoms. The van der Waals surface area contributed by atoms with Crippen LogP contribution in [-0.4, -0.2) is 23.7 Å². The standard InChI is InChI=1S/C12H19NO2S/c1-15-6-3-7-16(14)10-12-5-2-4-11(8-12)9-13/h2,4-5,8H,3,6-7,9-10,13H2,1H3. The zero-order valence-corrected chi connectivity index (χ0v) is 10.5. The smallest absolute Gasteiger partial charge is 0.0485 e. The molecule has 0 heterocycles. The lowest BCUT2D eigenvalue weighted by Gasteiger charge is -2.04. The highest BCUT2D eigenvalue weighted by Crippen LogP contribution is 2.08. The van der Waals surface area contributed by atoms with Gasteiger partial charge in [-0.15, -0.1) is 0 Å². The van der Waals surface area contributed by atoms with Crippen LogP contribution in [0.3, 0.4) is 0 Å². The van der Waals surface area contributed by atoms with Crippen molar-refractivity contribution in [3.8, 4) is 0 Å². The van der Waals surface area contributed by atoms with Crippen molar-refractivity contribution in [3.05, 3.63) is 35.4 Å². The number of rotatable bonds is 7. The molecule has 0 radical (unpaired) electrons. The highest BCUT2D eigenvalue weighted by atomic mass is 32.2. The molecule has 0 fully saturated rings. The number of hydrogen-bond donors (Lipinski definition) is 1. The Balaban J connectivity index is 2.43. The molecule has 0 aliphatic rings. The van der Waals surface area contributed by atoms with Gasteiger partial charge in [0.05, 0.1) is 0 Å². The molecular formula is C12H19NO2S. The molecule has 0 aliphatic carbocycles. The van der Waals surface area contributed by atoms with Gasteiger partial charge >= 0.3 is 0 Å². The van der Waals surface area contributed by atoms with E-state index in [1.165, 1.54) is 0 Å². The molecule has 0 bridgehead atoms. The summed E-state index contributed by atoms with van der Waals surface area (Å²) >= 11 is 0. The second-order valence-corrected chi connectivity index (χ2v) is 5.24. The van der Waals surface area contributed by atoms with Crippen LogP contribution in [0.4, 0.5) is 0 Å². The molecule has 0 saturated heterocycles. The summed E-state index contributed by atoms with van der Waals surface area (Å²) in [5.41, 5.74) is 7.74. The molecule has 1 aromatic rings. The van der Waals surface area contributed by atoms with E-state index < -0.39 is 10.8 Å². The summed E-state index contributed by atoms with van der Waals surface area (Å²) in [4.78, 5) is 0. The molecule has 0 saturated carbocycles. The number of benzene rings is 1. The highest BCUT2D eigenvalue weighted by molar-refractivity contribution is 7.84. The van der Waals surface area contributed by atoms with Crippen LogP contribution in [0.5, 0.6) is 0 Å². The van der Waals surface area contributed by atoms with Gasteiger partial charge in [0.25, 0.3) is 0 Å². The van der Waals surface area contributed by atoms with E-state index in [4.69, 9.17) is 10.5 Å². The van der Waals surface area contributed by atoms with E-state index in [1.807, 2.05) is 24.3 Å². The average molecular weight is 241 g/mol. The Bertz CT molecular complexity index is 342. The zero-order valence-electron chi connectivity index (χ0n) is 9.65. The maximum atomic E-state index is 11.7. The van der Waals surface area contributed by atoms with Crippen molar-refractivity contribution >= 4 is 10.8 Å². The zero-order chi connectivity index (χ0) is 11.8. The maximum absolute atomic E-state index is 11.7. The molecule has 0 aliphatic heterocycles. The van der Waals surface area contributed by atoms with Gasteiger partial charge in [-0.05, 0) is 17.5 Å².